The smallest absolute Gasteiger partial charge is 0.232 e. The summed E-state index contributed by atoms with van der Waals surface area (Å²) in [5.41, 5.74) is 5.04. The second-order valence-corrected chi connectivity index (χ2v) is 7.92. The van der Waals surface area contributed by atoms with Gasteiger partial charge in [-0.25, -0.2) is 9.97 Å². The molecule has 0 radical (unpaired) electrons. The summed E-state index contributed by atoms with van der Waals surface area (Å²) in [6, 6.07) is 9.95. The molecular formula is C20H17N3O2S2. The van der Waals surface area contributed by atoms with Gasteiger partial charge in [-0.3, -0.25) is 4.79 Å². The fourth-order valence-corrected chi connectivity index (χ4v) is 4.21. The molecule has 4 rings (SSSR count). The van der Waals surface area contributed by atoms with Gasteiger partial charge in [0.1, 0.15) is 0 Å². The Morgan fingerprint density at radius 3 is 2.85 bits per heavy atom. The van der Waals surface area contributed by atoms with Crippen LogP contribution in [0.2, 0.25) is 0 Å². The molecule has 0 saturated carbocycles. The molecule has 0 atom stereocenters. The highest BCUT2D eigenvalue weighted by molar-refractivity contribution is 7.14. The Morgan fingerprint density at radius 1 is 1.15 bits per heavy atom. The number of nitrogens with zero attached hydrogens (tertiary/aromatic N) is 2. The van der Waals surface area contributed by atoms with Crippen molar-refractivity contribution in [1.82, 2.24) is 9.97 Å². The van der Waals surface area contributed by atoms with Gasteiger partial charge in [0.15, 0.2) is 15.9 Å². The molecule has 4 aromatic rings. The summed E-state index contributed by atoms with van der Waals surface area (Å²) in [6.07, 6.45) is 1.81. The van der Waals surface area contributed by atoms with Crippen molar-refractivity contribution in [1.29, 1.82) is 0 Å². The molecule has 0 aliphatic heterocycles. The Kier molecular flexibility index (Phi) is 4.87. The van der Waals surface area contributed by atoms with Gasteiger partial charge in [0.2, 0.25) is 5.91 Å². The van der Waals surface area contributed by atoms with Gasteiger partial charge in [-0.2, -0.15) is 0 Å². The quantitative estimate of drug-likeness (QED) is 0.496. The maximum Gasteiger partial charge on any atom is 0.232 e. The Hall–Kier alpha value is -2.77. The standard InChI is InChI=1S/C20H17N3O2S2/c1-12-5-6-13(2)15(8-12)16-11-27-20(22-16)23-18(24)9-14-10-26-19(21-14)17-4-3-7-25-17/h3-8,10-11H,9H2,1-2H3,(H,22,23,24). The van der Waals surface area contributed by atoms with Gasteiger partial charge in [0.25, 0.3) is 0 Å². The number of amides is 1. The SMILES string of the molecule is Cc1ccc(C)c(-c2csc(NC(=O)Cc3csc(-c4ccco4)n3)n2)c1. The zero-order chi connectivity index (χ0) is 18.8. The van der Waals surface area contributed by atoms with Gasteiger partial charge in [-0.15, -0.1) is 22.7 Å². The molecule has 0 unspecified atom stereocenters. The molecule has 136 valence electrons. The first-order chi connectivity index (χ1) is 13.1. The first kappa shape index (κ1) is 17.6. The number of rotatable bonds is 5. The van der Waals surface area contributed by atoms with E-state index >= 15 is 0 Å². The molecule has 5 nitrogen and oxygen atoms in total. The largest absolute Gasteiger partial charge is 0.462 e. The van der Waals surface area contributed by atoms with E-state index < -0.39 is 0 Å². The summed E-state index contributed by atoms with van der Waals surface area (Å²) in [6.45, 7) is 4.12. The minimum absolute atomic E-state index is 0.131. The van der Waals surface area contributed by atoms with E-state index in [4.69, 9.17) is 4.42 Å². The third kappa shape index (κ3) is 3.99. The number of hydrogen-bond acceptors (Lipinski definition) is 6. The molecular weight excluding hydrogens is 378 g/mol. The number of nitrogens with one attached hydrogen (secondary N) is 1. The van der Waals surface area contributed by atoms with E-state index in [0.717, 1.165) is 27.5 Å². The molecule has 7 heteroatoms. The number of anilines is 1. The van der Waals surface area contributed by atoms with E-state index in [-0.39, 0.29) is 12.3 Å². The fraction of sp³-hybridized carbons (Fsp3) is 0.150. The van der Waals surface area contributed by atoms with Crippen molar-refractivity contribution in [2.45, 2.75) is 20.3 Å². The molecule has 0 bridgehead atoms. The molecule has 0 aliphatic carbocycles. The third-order valence-electron chi connectivity index (χ3n) is 4.04. The monoisotopic (exact) mass is 395 g/mol. The molecule has 1 amide bonds. The van der Waals surface area contributed by atoms with Crippen molar-refractivity contribution in [2.24, 2.45) is 0 Å². The van der Waals surface area contributed by atoms with Crippen molar-refractivity contribution >= 4 is 33.7 Å². The summed E-state index contributed by atoms with van der Waals surface area (Å²) in [5.74, 6) is 0.581. The first-order valence-electron chi connectivity index (χ1n) is 8.40. The van der Waals surface area contributed by atoms with E-state index in [1.54, 1.807) is 6.26 Å². The van der Waals surface area contributed by atoms with Gasteiger partial charge < -0.3 is 9.73 Å². The maximum absolute atomic E-state index is 12.3. The van der Waals surface area contributed by atoms with Crippen LogP contribution in [0.25, 0.3) is 22.0 Å². The summed E-state index contributed by atoms with van der Waals surface area (Å²) in [5, 5.41) is 8.08. The predicted molar refractivity (Wildman–Crippen MR) is 109 cm³/mol. The second-order valence-electron chi connectivity index (χ2n) is 6.20. The van der Waals surface area contributed by atoms with Crippen LogP contribution in [0, 0.1) is 13.8 Å². The first-order valence-corrected chi connectivity index (χ1v) is 10.2. The lowest BCUT2D eigenvalue weighted by molar-refractivity contribution is -0.115. The van der Waals surface area contributed by atoms with Crippen LogP contribution in [0.5, 0.6) is 0 Å². The summed E-state index contributed by atoms with van der Waals surface area (Å²) in [4.78, 5) is 21.4. The van der Waals surface area contributed by atoms with Crippen molar-refractivity contribution in [3.05, 3.63) is 64.2 Å². The van der Waals surface area contributed by atoms with Crippen molar-refractivity contribution in [3.8, 4) is 22.0 Å². The molecule has 1 aromatic carbocycles. The van der Waals surface area contributed by atoms with E-state index in [1.165, 1.54) is 28.2 Å². The molecule has 0 fully saturated rings. The third-order valence-corrected chi connectivity index (χ3v) is 5.71. The van der Waals surface area contributed by atoms with Crippen LogP contribution in [0.4, 0.5) is 5.13 Å². The molecule has 3 aromatic heterocycles. The molecule has 0 aliphatic rings. The van der Waals surface area contributed by atoms with Crippen LogP contribution < -0.4 is 5.32 Å². The van der Waals surface area contributed by atoms with Gasteiger partial charge in [0, 0.05) is 16.3 Å². The number of aromatic nitrogens is 2. The van der Waals surface area contributed by atoms with Crippen LogP contribution in [0.3, 0.4) is 0 Å². The van der Waals surface area contributed by atoms with E-state index in [9.17, 15) is 4.79 Å². The van der Waals surface area contributed by atoms with Crippen molar-refractivity contribution < 1.29 is 9.21 Å². The molecule has 1 N–H and O–H groups in total. The van der Waals surface area contributed by atoms with E-state index in [1.807, 2.05) is 22.9 Å². The molecule has 0 spiro atoms. The Bertz CT molecular complexity index is 1080. The van der Waals surface area contributed by atoms with Crippen LogP contribution in [0.1, 0.15) is 16.8 Å². The topological polar surface area (TPSA) is 68.0 Å². The highest BCUT2D eigenvalue weighted by Crippen LogP contribution is 2.28. The van der Waals surface area contributed by atoms with Crippen LogP contribution >= 0.6 is 22.7 Å². The van der Waals surface area contributed by atoms with Crippen LogP contribution in [-0.2, 0) is 11.2 Å². The van der Waals surface area contributed by atoms with Gasteiger partial charge in [0.05, 0.1) is 24.1 Å². The summed E-state index contributed by atoms with van der Waals surface area (Å²) < 4.78 is 5.34. The molecule has 0 saturated heterocycles. The Balaban J connectivity index is 1.43. The maximum atomic E-state index is 12.3. The lowest BCUT2D eigenvalue weighted by Crippen LogP contribution is -2.14. The fourth-order valence-electron chi connectivity index (χ4n) is 2.70. The number of carbonyl (C=O) groups excluding carboxylic acids is 1. The number of thiazole rings is 2. The minimum Gasteiger partial charge on any atom is -0.462 e. The second kappa shape index (κ2) is 7.46. The zero-order valence-corrected chi connectivity index (χ0v) is 16.5. The van der Waals surface area contributed by atoms with Gasteiger partial charge >= 0.3 is 0 Å². The van der Waals surface area contributed by atoms with Gasteiger partial charge in [-0.05, 0) is 37.6 Å². The number of carbonyl (C=O) groups is 1. The number of furan rings is 1. The average Bonchev–Trinajstić information content (AvgIpc) is 3.38. The van der Waals surface area contributed by atoms with E-state index in [2.05, 4.69) is 47.3 Å². The lowest BCUT2D eigenvalue weighted by Gasteiger charge is -2.04. The van der Waals surface area contributed by atoms with Gasteiger partial charge in [-0.1, -0.05) is 17.7 Å². The summed E-state index contributed by atoms with van der Waals surface area (Å²) >= 11 is 2.89. The van der Waals surface area contributed by atoms with Crippen molar-refractivity contribution in [3.63, 3.8) is 0 Å². The van der Waals surface area contributed by atoms with E-state index in [0.29, 0.717) is 10.9 Å². The molecule has 3 heterocycles. The summed E-state index contributed by atoms with van der Waals surface area (Å²) in [7, 11) is 0. The average molecular weight is 396 g/mol. The number of aryl methyl sites for hydroxylation is 2. The normalized spacial score (nSPS) is 10.9. The lowest BCUT2D eigenvalue weighted by atomic mass is 10.0. The highest BCUT2D eigenvalue weighted by atomic mass is 32.1. The molecule has 27 heavy (non-hydrogen) atoms. The number of benzene rings is 1. The zero-order valence-electron chi connectivity index (χ0n) is 14.9. The minimum atomic E-state index is -0.131. The van der Waals surface area contributed by atoms with Crippen LogP contribution in [-0.4, -0.2) is 15.9 Å². The Morgan fingerprint density at radius 2 is 2.04 bits per heavy atom. The van der Waals surface area contributed by atoms with Crippen LogP contribution in [0.15, 0.2) is 51.8 Å². The van der Waals surface area contributed by atoms with Crippen molar-refractivity contribution in [2.75, 3.05) is 5.32 Å². The Labute approximate surface area is 164 Å². The predicted octanol–water partition coefficient (Wildman–Crippen LogP) is 5.32. The number of hydrogen-bond donors (Lipinski definition) is 1. The highest BCUT2D eigenvalue weighted by Gasteiger charge is 2.13.